The SMILES string of the molecule is CCCN1C(=O)C(O)=C(C(=O)CCc2ccccc2)C1c1ccccc1F. The maximum absolute atomic E-state index is 14.4. The highest BCUT2D eigenvalue weighted by atomic mass is 19.1. The summed E-state index contributed by atoms with van der Waals surface area (Å²) in [4.78, 5) is 26.8. The van der Waals surface area contributed by atoms with Crippen LogP contribution in [-0.2, 0) is 16.0 Å². The Bertz CT molecular complexity index is 876. The molecule has 1 N–H and O–H groups in total. The molecular weight excluding hydrogens is 345 g/mol. The van der Waals surface area contributed by atoms with E-state index in [9.17, 15) is 19.1 Å². The summed E-state index contributed by atoms with van der Waals surface area (Å²) in [6.07, 6.45) is 1.26. The van der Waals surface area contributed by atoms with Gasteiger partial charge in [0.05, 0.1) is 11.6 Å². The van der Waals surface area contributed by atoms with Crippen LogP contribution in [0, 0.1) is 5.82 Å². The second kappa shape index (κ2) is 8.16. The van der Waals surface area contributed by atoms with Crippen LogP contribution in [0.2, 0.25) is 0 Å². The van der Waals surface area contributed by atoms with E-state index in [4.69, 9.17) is 0 Å². The number of nitrogens with zero attached hydrogens (tertiary/aromatic N) is 1. The summed E-state index contributed by atoms with van der Waals surface area (Å²) in [5.41, 5.74) is 1.21. The highest BCUT2D eigenvalue weighted by molar-refractivity contribution is 6.09. The Hall–Kier alpha value is -2.95. The first-order chi connectivity index (χ1) is 13.0. The lowest BCUT2D eigenvalue weighted by Crippen LogP contribution is -2.32. The monoisotopic (exact) mass is 367 g/mol. The number of hydrogen-bond donors (Lipinski definition) is 1. The molecule has 2 aromatic carbocycles. The van der Waals surface area contributed by atoms with Gasteiger partial charge in [-0.1, -0.05) is 55.5 Å². The van der Waals surface area contributed by atoms with Gasteiger partial charge in [0.1, 0.15) is 5.82 Å². The fourth-order valence-electron chi connectivity index (χ4n) is 3.47. The van der Waals surface area contributed by atoms with Gasteiger partial charge in [-0.3, -0.25) is 9.59 Å². The van der Waals surface area contributed by atoms with Crippen LogP contribution in [0.15, 0.2) is 65.9 Å². The number of aliphatic hydroxyl groups is 1. The minimum Gasteiger partial charge on any atom is -0.503 e. The van der Waals surface area contributed by atoms with E-state index >= 15 is 0 Å². The molecule has 140 valence electrons. The number of hydrogen-bond acceptors (Lipinski definition) is 3. The Morgan fingerprint density at radius 1 is 1.11 bits per heavy atom. The second-order valence-corrected chi connectivity index (χ2v) is 6.59. The molecule has 0 radical (unpaired) electrons. The summed E-state index contributed by atoms with van der Waals surface area (Å²) in [6, 6.07) is 14.7. The van der Waals surface area contributed by atoms with Crippen molar-refractivity contribution in [2.75, 3.05) is 6.54 Å². The molecule has 4 nitrogen and oxygen atoms in total. The van der Waals surface area contributed by atoms with E-state index in [1.54, 1.807) is 18.2 Å². The number of carbonyl (C=O) groups excluding carboxylic acids is 2. The van der Waals surface area contributed by atoms with Crippen molar-refractivity contribution in [1.82, 2.24) is 4.90 Å². The molecule has 1 atom stereocenters. The quantitative estimate of drug-likeness (QED) is 0.800. The first kappa shape index (κ1) is 18.8. The number of benzene rings is 2. The molecule has 0 spiro atoms. The minimum absolute atomic E-state index is 0.00511. The molecule has 1 aliphatic rings. The molecule has 0 bridgehead atoms. The molecule has 3 rings (SSSR count). The Morgan fingerprint density at radius 3 is 2.44 bits per heavy atom. The molecule has 1 heterocycles. The second-order valence-electron chi connectivity index (χ2n) is 6.59. The van der Waals surface area contributed by atoms with Gasteiger partial charge in [-0.25, -0.2) is 4.39 Å². The van der Waals surface area contributed by atoms with E-state index in [0.29, 0.717) is 19.4 Å². The highest BCUT2D eigenvalue weighted by Crippen LogP contribution is 2.39. The zero-order chi connectivity index (χ0) is 19.4. The zero-order valence-corrected chi connectivity index (χ0v) is 15.2. The molecule has 5 heteroatoms. The van der Waals surface area contributed by atoms with Crippen molar-refractivity contribution in [3.05, 3.63) is 82.9 Å². The summed E-state index contributed by atoms with van der Waals surface area (Å²) in [5.74, 6) is -2.01. The summed E-state index contributed by atoms with van der Waals surface area (Å²) < 4.78 is 14.4. The third-order valence-corrected chi connectivity index (χ3v) is 4.75. The molecule has 1 aliphatic heterocycles. The van der Waals surface area contributed by atoms with Crippen LogP contribution in [0.1, 0.15) is 36.9 Å². The summed E-state index contributed by atoms with van der Waals surface area (Å²) in [7, 11) is 0. The van der Waals surface area contributed by atoms with E-state index in [1.807, 2.05) is 37.3 Å². The molecule has 0 aliphatic carbocycles. The van der Waals surface area contributed by atoms with Crippen molar-refractivity contribution in [1.29, 1.82) is 0 Å². The van der Waals surface area contributed by atoms with Crippen LogP contribution in [-0.4, -0.2) is 28.2 Å². The van der Waals surface area contributed by atoms with E-state index < -0.39 is 23.5 Å². The van der Waals surface area contributed by atoms with Crippen molar-refractivity contribution in [2.45, 2.75) is 32.2 Å². The Balaban J connectivity index is 1.93. The van der Waals surface area contributed by atoms with Gasteiger partial charge < -0.3 is 10.0 Å². The van der Waals surface area contributed by atoms with Gasteiger partial charge in [0.2, 0.25) is 0 Å². The number of aryl methyl sites for hydroxylation is 1. The number of carbonyl (C=O) groups is 2. The lowest BCUT2D eigenvalue weighted by molar-refractivity contribution is -0.129. The Kier molecular flexibility index (Phi) is 5.69. The minimum atomic E-state index is -0.887. The third kappa shape index (κ3) is 3.77. The molecule has 0 fully saturated rings. The standard InChI is InChI=1S/C22H22FNO3/c1-2-14-24-20(16-10-6-7-11-17(16)23)19(21(26)22(24)27)18(25)13-12-15-8-4-3-5-9-15/h3-11,20,26H,2,12-14H2,1H3. The van der Waals surface area contributed by atoms with Gasteiger partial charge in [-0.05, 0) is 24.5 Å². The number of amides is 1. The normalized spacial score (nSPS) is 16.9. The molecule has 0 saturated carbocycles. The van der Waals surface area contributed by atoms with Gasteiger partial charge in [-0.2, -0.15) is 0 Å². The van der Waals surface area contributed by atoms with Gasteiger partial charge >= 0.3 is 0 Å². The van der Waals surface area contributed by atoms with Crippen LogP contribution < -0.4 is 0 Å². The summed E-state index contributed by atoms with van der Waals surface area (Å²) >= 11 is 0. The third-order valence-electron chi connectivity index (χ3n) is 4.75. The fraction of sp³-hybridized carbons (Fsp3) is 0.273. The molecule has 0 aromatic heterocycles. The number of halogens is 1. The lowest BCUT2D eigenvalue weighted by atomic mass is 9.93. The van der Waals surface area contributed by atoms with Gasteiger partial charge in [0.25, 0.3) is 5.91 Å². The van der Waals surface area contributed by atoms with Crippen molar-refractivity contribution in [2.24, 2.45) is 0 Å². The van der Waals surface area contributed by atoms with Gasteiger partial charge in [0.15, 0.2) is 11.5 Å². The van der Waals surface area contributed by atoms with Crippen LogP contribution in [0.25, 0.3) is 0 Å². The topological polar surface area (TPSA) is 57.6 Å². The molecule has 1 amide bonds. The van der Waals surface area contributed by atoms with Crippen molar-refractivity contribution in [3.8, 4) is 0 Å². The smallest absolute Gasteiger partial charge is 0.290 e. The highest BCUT2D eigenvalue weighted by Gasteiger charge is 2.43. The van der Waals surface area contributed by atoms with Crippen LogP contribution in [0.5, 0.6) is 0 Å². The predicted molar refractivity (Wildman–Crippen MR) is 101 cm³/mol. The predicted octanol–water partition coefficient (Wildman–Crippen LogP) is 4.13. The number of ketones is 1. The molecule has 0 saturated heterocycles. The van der Waals surface area contributed by atoms with E-state index in [2.05, 4.69) is 0 Å². The fourth-order valence-corrected chi connectivity index (χ4v) is 3.47. The van der Waals surface area contributed by atoms with Crippen LogP contribution in [0.3, 0.4) is 0 Å². The Morgan fingerprint density at radius 2 is 1.78 bits per heavy atom. The first-order valence-corrected chi connectivity index (χ1v) is 9.10. The Labute approximate surface area is 157 Å². The largest absolute Gasteiger partial charge is 0.503 e. The van der Waals surface area contributed by atoms with Crippen LogP contribution in [0.4, 0.5) is 4.39 Å². The van der Waals surface area contributed by atoms with Crippen molar-refractivity contribution >= 4 is 11.7 Å². The zero-order valence-electron chi connectivity index (χ0n) is 15.2. The average molecular weight is 367 g/mol. The molecule has 27 heavy (non-hydrogen) atoms. The van der Waals surface area contributed by atoms with E-state index in [-0.39, 0.29) is 23.3 Å². The van der Waals surface area contributed by atoms with Crippen molar-refractivity contribution in [3.63, 3.8) is 0 Å². The number of Topliss-reactive ketones (excluding diaryl/α,β-unsaturated/α-hetero) is 1. The van der Waals surface area contributed by atoms with Gasteiger partial charge in [0, 0.05) is 18.5 Å². The van der Waals surface area contributed by atoms with E-state index in [0.717, 1.165) is 5.56 Å². The molecular formula is C22H22FNO3. The summed E-state index contributed by atoms with van der Waals surface area (Å²) in [5, 5.41) is 10.4. The van der Waals surface area contributed by atoms with E-state index in [1.165, 1.54) is 11.0 Å². The average Bonchev–Trinajstić information content (AvgIpc) is 2.92. The number of rotatable bonds is 7. The maximum Gasteiger partial charge on any atom is 0.290 e. The van der Waals surface area contributed by atoms with Gasteiger partial charge in [-0.15, -0.1) is 0 Å². The first-order valence-electron chi connectivity index (χ1n) is 9.10. The number of aliphatic hydroxyl groups excluding tert-OH is 1. The molecule has 1 unspecified atom stereocenters. The maximum atomic E-state index is 14.4. The van der Waals surface area contributed by atoms with Crippen LogP contribution >= 0.6 is 0 Å². The van der Waals surface area contributed by atoms with Crippen molar-refractivity contribution < 1.29 is 19.1 Å². The summed E-state index contributed by atoms with van der Waals surface area (Å²) in [6.45, 7) is 2.22. The molecule has 2 aromatic rings. The lowest BCUT2D eigenvalue weighted by Gasteiger charge is -2.26.